The van der Waals surface area contributed by atoms with Crippen LogP contribution in [-0.4, -0.2) is 28.7 Å². The van der Waals surface area contributed by atoms with Gasteiger partial charge in [0, 0.05) is 24.3 Å². The number of carbonyl (C=O) groups excluding carboxylic acids is 1. The fraction of sp³-hybridized carbons (Fsp3) is 0.174. The summed E-state index contributed by atoms with van der Waals surface area (Å²) in [7, 11) is 0. The first-order valence-electron chi connectivity index (χ1n) is 9.84. The molecule has 0 saturated carbocycles. The average molecular weight is 419 g/mol. The van der Waals surface area contributed by atoms with Gasteiger partial charge in [0.2, 0.25) is 0 Å². The summed E-state index contributed by atoms with van der Waals surface area (Å²) < 4.78 is 1.24. The highest BCUT2D eigenvalue weighted by atomic mass is 32.1. The first-order chi connectivity index (χ1) is 14.6. The quantitative estimate of drug-likeness (QED) is 0.505. The molecule has 1 N–H and O–H groups in total. The van der Waals surface area contributed by atoms with Gasteiger partial charge >= 0.3 is 0 Å². The van der Waals surface area contributed by atoms with Crippen LogP contribution in [0.1, 0.15) is 24.2 Å². The van der Waals surface area contributed by atoms with Crippen LogP contribution in [0.15, 0.2) is 70.8 Å². The maximum absolute atomic E-state index is 13.1. The van der Waals surface area contributed by atoms with E-state index in [1.165, 1.54) is 16.0 Å². The van der Waals surface area contributed by atoms with E-state index >= 15 is 0 Å². The van der Waals surface area contributed by atoms with Gasteiger partial charge < -0.3 is 4.90 Å². The fourth-order valence-electron chi connectivity index (χ4n) is 3.39. The van der Waals surface area contributed by atoms with Gasteiger partial charge in [-0.05, 0) is 61.7 Å². The number of hydrogen-bond donors (Lipinski definition) is 1. The molecule has 0 saturated heterocycles. The molecular formula is C23H22N4O2S. The molecule has 0 radical (unpaired) electrons. The molecule has 0 bridgehead atoms. The van der Waals surface area contributed by atoms with Gasteiger partial charge in [0.05, 0.1) is 15.8 Å². The van der Waals surface area contributed by atoms with E-state index in [0.29, 0.717) is 22.3 Å². The van der Waals surface area contributed by atoms with Crippen molar-refractivity contribution >= 4 is 33.8 Å². The van der Waals surface area contributed by atoms with E-state index < -0.39 is 0 Å². The molecule has 0 aliphatic heterocycles. The second-order valence-electron chi connectivity index (χ2n) is 6.73. The van der Waals surface area contributed by atoms with Gasteiger partial charge in [-0.15, -0.1) is 11.3 Å². The lowest BCUT2D eigenvalue weighted by Gasteiger charge is -2.21. The molecule has 1 amide bonds. The SMILES string of the molecule is CCN(CC)c1ccc(C(=O)Nn2c(-c3cccs3)nc3ccccc3c2=O)cc1. The van der Waals surface area contributed by atoms with Crippen LogP contribution in [0.4, 0.5) is 5.69 Å². The summed E-state index contributed by atoms with van der Waals surface area (Å²) in [5.41, 5.74) is 4.57. The molecule has 7 heteroatoms. The minimum Gasteiger partial charge on any atom is -0.372 e. The fourth-order valence-corrected chi connectivity index (χ4v) is 4.09. The van der Waals surface area contributed by atoms with Crippen molar-refractivity contribution in [3.05, 3.63) is 82.0 Å². The number of rotatable bonds is 6. The molecule has 0 atom stereocenters. The zero-order chi connectivity index (χ0) is 21.1. The molecule has 30 heavy (non-hydrogen) atoms. The highest BCUT2D eigenvalue weighted by Crippen LogP contribution is 2.23. The predicted octanol–water partition coefficient (Wildman–Crippen LogP) is 4.36. The van der Waals surface area contributed by atoms with Crippen molar-refractivity contribution in [2.45, 2.75) is 13.8 Å². The summed E-state index contributed by atoms with van der Waals surface area (Å²) in [6.45, 7) is 5.97. The third-order valence-electron chi connectivity index (χ3n) is 4.99. The first kappa shape index (κ1) is 19.8. The van der Waals surface area contributed by atoms with E-state index in [1.54, 1.807) is 30.3 Å². The second kappa shape index (κ2) is 8.51. The maximum atomic E-state index is 13.1. The number of thiophene rings is 1. The summed E-state index contributed by atoms with van der Waals surface area (Å²) in [5.74, 6) is 0.0555. The van der Waals surface area contributed by atoms with Crippen molar-refractivity contribution in [2.75, 3.05) is 23.4 Å². The minimum atomic E-state index is -0.363. The number of fused-ring (bicyclic) bond motifs is 1. The molecule has 0 fully saturated rings. The Hall–Kier alpha value is -3.45. The lowest BCUT2D eigenvalue weighted by molar-refractivity contribution is 0.101. The third-order valence-corrected chi connectivity index (χ3v) is 5.85. The Morgan fingerprint density at radius 2 is 1.77 bits per heavy atom. The van der Waals surface area contributed by atoms with E-state index in [4.69, 9.17) is 0 Å². The van der Waals surface area contributed by atoms with Crippen molar-refractivity contribution < 1.29 is 4.79 Å². The Bertz CT molecular complexity index is 1230. The van der Waals surface area contributed by atoms with E-state index in [0.717, 1.165) is 23.7 Å². The monoisotopic (exact) mass is 418 g/mol. The molecule has 0 spiro atoms. The van der Waals surface area contributed by atoms with Gasteiger partial charge in [-0.3, -0.25) is 15.0 Å². The van der Waals surface area contributed by atoms with Gasteiger partial charge in [0.25, 0.3) is 11.5 Å². The van der Waals surface area contributed by atoms with Crippen molar-refractivity contribution in [3.8, 4) is 10.7 Å². The Kier molecular flexibility index (Phi) is 5.63. The highest BCUT2D eigenvalue weighted by Gasteiger charge is 2.16. The molecule has 2 aromatic carbocycles. The molecule has 152 valence electrons. The smallest absolute Gasteiger partial charge is 0.280 e. The largest absolute Gasteiger partial charge is 0.372 e. The topological polar surface area (TPSA) is 67.2 Å². The van der Waals surface area contributed by atoms with Crippen molar-refractivity contribution in [2.24, 2.45) is 0 Å². The average Bonchev–Trinajstić information content (AvgIpc) is 3.31. The van der Waals surface area contributed by atoms with Crippen LogP contribution < -0.4 is 15.9 Å². The lowest BCUT2D eigenvalue weighted by atomic mass is 10.2. The number of aromatic nitrogens is 2. The van der Waals surface area contributed by atoms with E-state index in [2.05, 4.69) is 29.2 Å². The van der Waals surface area contributed by atoms with Crippen molar-refractivity contribution in [1.82, 2.24) is 9.66 Å². The van der Waals surface area contributed by atoms with Crippen LogP contribution in [0, 0.1) is 0 Å². The number of anilines is 1. The van der Waals surface area contributed by atoms with E-state index in [-0.39, 0.29) is 11.5 Å². The first-order valence-corrected chi connectivity index (χ1v) is 10.7. The summed E-state index contributed by atoms with van der Waals surface area (Å²) in [6, 6.07) is 18.3. The minimum absolute atomic E-state index is 0.308. The van der Waals surface area contributed by atoms with E-state index in [9.17, 15) is 9.59 Å². The standard InChI is InChI=1S/C23H22N4O2S/c1-3-26(4-2)17-13-11-16(12-14-17)22(28)25-27-21(20-10-7-15-30-20)24-19-9-6-5-8-18(19)23(27)29/h5-15H,3-4H2,1-2H3,(H,25,28). The number of nitrogens with one attached hydrogen (secondary N) is 1. The number of carbonyl (C=O) groups is 1. The number of nitrogens with zero attached hydrogens (tertiary/aromatic N) is 3. The van der Waals surface area contributed by atoms with Crippen LogP contribution >= 0.6 is 11.3 Å². The normalized spacial score (nSPS) is 10.9. The van der Waals surface area contributed by atoms with Gasteiger partial charge in [0.15, 0.2) is 5.82 Å². The van der Waals surface area contributed by atoms with Gasteiger partial charge in [-0.2, -0.15) is 4.68 Å². The van der Waals surface area contributed by atoms with Gasteiger partial charge in [-0.1, -0.05) is 18.2 Å². The van der Waals surface area contributed by atoms with Crippen molar-refractivity contribution in [1.29, 1.82) is 0 Å². The zero-order valence-corrected chi connectivity index (χ0v) is 17.6. The van der Waals surface area contributed by atoms with Crippen LogP contribution in [-0.2, 0) is 0 Å². The number of benzene rings is 2. The third kappa shape index (κ3) is 3.71. The molecule has 0 aliphatic rings. The molecule has 0 aliphatic carbocycles. The maximum Gasteiger partial charge on any atom is 0.280 e. The summed E-state index contributed by atoms with van der Waals surface area (Å²) in [6.07, 6.45) is 0. The molecule has 4 rings (SSSR count). The van der Waals surface area contributed by atoms with Gasteiger partial charge in [-0.25, -0.2) is 4.98 Å². The lowest BCUT2D eigenvalue weighted by Crippen LogP contribution is -2.35. The predicted molar refractivity (Wildman–Crippen MR) is 123 cm³/mol. The molecule has 4 aromatic rings. The zero-order valence-electron chi connectivity index (χ0n) is 16.8. The molecular weight excluding hydrogens is 396 g/mol. The van der Waals surface area contributed by atoms with Crippen LogP contribution in [0.3, 0.4) is 0 Å². The number of amides is 1. The summed E-state index contributed by atoms with van der Waals surface area (Å²) in [5, 5.41) is 2.37. The van der Waals surface area contributed by atoms with E-state index in [1.807, 2.05) is 35.7 Å². The van der Waals surface area contributed by atoms with Crippen LogP contribution in [0.25, 0.3) is 21.6 Å². The van der Waals surface area contributed by atoms with Crippen molar-refractivity contribution in [3.63, 3.8) is 0 Å². The van der Waals surface area contributed by atoms with Crippen LogP contribution in [0.2, 0.25) is 0 Å². The molecule has 2 heterocycles. The Labute approximate surface area is 178 Å². The van der Waals surface area contributed by atoms with Crippen LogP contribution in [0.5, 0.6) is 0 Å². The molecule has 2 aromatic heterocycles. The van der Waals surface area contributed by atoms with Gasteiger partial charge in [0.1, 0.15) is 0 Å². The number of para-hydroxylation sites is 1. The second-order valence-corrected chi connectivity index (χ2v) is 7.68. The number of hydrogen-bond acceptors (Lipinski definition) is 5. The Morgan fingerprint density at radius 1 is 1.03 bits per heavy atom. The summed E-state index contributed by atoms with van der Waals surface area (Å²) >= 11 is 1.46. The Balaban J connectivity index is 1.73. The molecule has 6 nitrogen and oxygen atoms in total. The summed E-state index contributed by atoms with van der Waals surface area (Å²) in [4.78, 5) is 33.7. The Morgan fingerprint density at radius 3 is 2.43 bits per heavy atom. The molecule has 0 unspecified atom stereocenters. The highest BCUT2D eigenvalue weighted by molar-refractivity contribution is 7.13.